The normalized spacial score (nSPS) is 14.4. The molecule has 2 rings (SSSR count). The second kappa shape index (κ2) is 5.50. The van der Waals surface area contributed by atoms with E-state index in [1.54, 1.807) is 11.3 Å². The molecular formula is C14H16FNOS. The smallest absolute Gasteiger partial charge is 0.123 e. The Balaban J connectivity index is 2.12. The summed E-state index contributed by atoms with van der Waals surface area (Å²) in [4.78, 5) is 1.22. The molecule has 0 aliphatic rings. The van der Waals surface area contributed by atoms with E-state index in [4.69, 9.17) is 0 Å². The lowest BCUT2D eigenvalue weighted by Gasteiger charge is -2.20. The monoisotopic (exact) mass is 265 g/mol. The van der Waals surface area contributed by atoms with Crippen LogP contribution in [-0.4, -0.2) is 5.11 Å². The van der Waals surface area contributed by atoms with Gasteiger partial charge in [-0.15, -0.1) is 11.3 Å². The number of nitrogens with one attached hydrogen (secondary N) is 1. The van der Waals surface area contributed by atoms with Gasteiger partial charge in [-0.3, -0.25) is 0 Å². The summed E-state index contributed by atoms with van der Waals surface area (Å²) >= 11 is 1.68. The molecule has 2 N–H and O–H groups in total. The third-order valence-electron chi connectivity index (χ3n) is 2.93. The Morgan fingerprint density at radius 2 is 2.00 bits per heavy atom. The number of rotatable bonds is 4. The predicted molar refractivity (Wildman–Crippen MR) is 72.3 cm³/mol. The molecule has 4 heteroatoms. The highest BCUT2D eigenvalue weighted by atomic mass is 32.1. The van der Waals surface area contributed by atoms with Crippen LogP contribution in [0.4, 0.5) is 4.39 Å². The summed E-state index contributed by atoms with van der Waals surface area (Å²) in [5.41, 5.74) is 0.582. The molecule has 0 aliphatic carbocycles. The van der Waals surface area contributed by atoms with Gasteiger partial charge in [-0.25, -0.2) is 4.39 Å². The van der Waals surface area contributed by atoms with Crippen LogP contribution in [0.2, 0.25) is 0 Å². The van der Waals surface area contributed by atoms with Crippen molar-refractivity contribution >= 4 is 11.3 Å². The van der Waals surface area contributed by atoms with Crippen LogP contribution < -0.4 is 5.32 Å². The molecular weight excluding hydrogens is 249 g/mol. The molecule has 2 atom stereocenters. The van der Waals surface area contributed by atoms with Gasteiger partial charge < -0.3 is 10.4 Å². The first-order chi connectivity index (χ1) is 8.58. The SMILES string of the molecule is CC(N[C@H](C)c1cccs1)c1cc(F)ccc1O. The first-order valence-corrected chi connectivity index (χ1v) is 6.73. The highest BCUT2D eigenvalue weighted by molar-refractivity contribution is 7.10. The first-order valence-electron chi connectivity index (χ1n) is 5.86. The third kappa shape index (κ3) is 2.89. The quantitative estimate of drug-likeness (QED) is 0.875. The Kier molecular flexibility index (Phi) is 3.99. The van der Waals surface area contributed by atoms with Crippen molar-refractivity contribution in [3.05, 3.63) is 52.0 Å². The van der Waals surface area contributed by atoms with Gasteiger partial charge >= 0.3 is 0 Å². The van der Waals surface area contributed by atoms with Crippen LogP contribution in [0.1, 0.15) is 36.4 Å². The summed E-state index contributed by atoms with van der Waals surface area (Å²) in [5, 5.41) is 15.1. The molecule has 0 aliphatic heterocycles. The molecule has 0 fully saturated rings. The topological polar surface area (TPSA) is 32.3 Å². The maximum absolute atomic E-state index is 13.2. The van der Waals surface area contributed by atoms with Gasteiger partial charge in [0.05, 0.1) is 0 Å². The van der Waals surface area contributed by atoms with Crippen molar-refractivity contribution < 1.29 is 9.50 Å². The van der Waals surface area contributed by atoms with Gasteiger partial charge in [-0.2, -0.15) is 0 Å². The van der Waals surface area contributed by atoms with Crippen LogP contribution in [-0.2, 0) is 0 Å². The van der Waals surface area contributed by atoms with E-state index < -0.39 is 0 Å². The lowest BCUT2D eigenvalue weighted by molar-refractivity contribution is 0.436. The van der Waals surface area contributed by atoms with Crippen LogP contribution in [0.5, 0.6) is 5.75 Å². The molecule has 2 nitrogen and oxygen atoms in total. The van der Waals surface area contributed by atoms with E-state index in [-0.39, 0.29) is 23.7 Å². The lowest BCUT2D eigenvalue weighted by Crippen LogP contribution is -2.22. The van der Waals surface area contributed by atoms with E-state index in [1.807, 2.05) is 18.4 Å². The summed E-state index contributed by atoms with van der Waals surface area (Å²) in [5.74, 6) is -0.213. The number of hydrogen-bond donors (Lipinski definition) is 2. The number of halogens is 1. The van der Waals surface area contributed by atoms with Crippen LogP contribution in [0.15, 0.2) is 35.7 Å². The fourth-order valence-corrected chi connectivity index (χ4v) is 2.70. The Labute approximate surface area is 110 Å². The number of phenols is 1. The second-order valence-electron chi connectivity index (χ2n) is 4.33. The predicted octanol–water partition coefficient (Wildman–Crippen LogP) is 4.00. The van der Waals surface area contributed by atoms with Crippen molar-refractivity contribution in [1.82, 2.24) is 5.32 Å². The number of benzene rings is 1. The average molecular weight is 265 g/mol. The van der Waals surface area contributed by atoms with Crippen molar-refractivity contribution in [2.45, 2.75) is 25.9 Å². The number of thiophene rings is 1. The zero-order valence-electron chi connectivity index (χ0n) is 10.4. The minimum absolute atomic E-state index is 0.113. The molecule has 1 aromatic heterocycles. The highest BCUT2D eigenvalue weighted by Crippen LogP contribution is 2.28. The number of aromatic hydroxyl groups is 1. The minimum atomic E-state index is -0.333. The molecule has 0 saturated heterocycles. The van der Waals surface area contributed by atoms with Gasteiger partial charge in [0.2, 0.25) is 0 Å². The first kappa shape index (κ1) is 13.1. The van der Waals surface area contributed by atoms with Gasteiger partial charge in [-0.05, 0) is 43.5 Å². The van der Waals surface area contributed by atoms with Gasteiger partial charge in [-0.1, -0.05) is 6.07 Å². The van der Waals surface area contributed by atoms with Gasteiger partial charge in [0.25, 0.3) is 0 Å². The Morgan fingerprint density at radius 3 is 2.67 bits per heavy atom. The van der Waals surface area contributed by atoms with Crippen LogP contribution >= 0.6 is 11.3 Å². The summed E-state index contributed by atoms with van der Waals surface area (Å²) in [7, 11) is 0. The summed E-state index contributed by atoms with van der Waals surface area (Å²) in [6.07, 6.45) is 0. The largest absolute Gasteiger partial charge is 0.508 e. The number of phenolic OH excluding ortho intramolecular Hbond substituents is 1. The van der Waals surface area contributed by atoms with Crippen molar-refractivity contribution in [3.8, 4) is 5.75 Å². The standard InChI is InChI=1S/C14H16FNOS/c1-9(12-8-11(15)5-6-13(12)17)16-10(2)14-4-3-7-18-14/h3-10,16-17H,1-2H3/t9?,10-/m1/s1. The fourth-order valence-electron chi connectivity index (χ4n) is 1.96. The van der Waals surface area contributed by atoms with E-state index >= 15 is 0 Å². The van der Waals surface area contributed by atoms with E-state index in [2.05, 4.69) is 18.3 Å². The molecule has 1 heterocycles. The van der Waals surface area contributed by atoms with Crippen LogP contribution in [0.25, 0.3) is 0 Å². The third-order valence-corrected chi connectivity index (χ3v) is 3.98. The van der Waals surface area contributed by atoms with Crippen LogP contribution in [0, 0.1) is 5.82 Å². The lowest BCUT2D eigenvalue weighted by atomic mass is 10.1. The molecule has 96 valence electrons. The van der Waals surface area contributed by atoms with Crippen molar-refractivity contribution in [2.24, 2.45) is 0 Å². The molecule has 18 heavy (non-hydrogen) atoms. The van der Waals surface area contributed by atoms with Gasteiger partial charge in [0.1, 0.15) is 11.6 Å². The van der Waals surface area contributed by atoms with E-state index in [0.29, 0.717) is 5.56 Å². The molecule has 0 bridgehead atoms. The second-order valence-corrected chi connectivity index (χ2v) is 5.31. The van der Waals surface area contributed by atoms with E-state index in [1.165, 1.54) is 23.1 Å². The summed E-state index contributed by atoms with van der Waals surface area (Å²) in [6.45, 7) is 3.97. The minimum Gasteiger partial charge on any atom is -0.508 e. The summed E-state index contributed by atoms with van der Waals surface area (Å²) in [6, 6.07) is 8.13. The zero-order chi connectivity index (χ0) is 13.1. The van der Waals surface area contributed by atoms with Gasteiger partial charge in [0, 0.05) is 22.5 Å². The molecule has 0 spiro atoms. The maximum Gasteiger partial charge on any atom is 0.123 e. The summed E-state index contributed by atoms with van der Waals surface area (Å²) < 4.78 is 13.2. The molecule has 0 saturated carbocycles. The molecule has 0 radical (unpaired) electrons. The van der Waals surface area contributed by atoms with Crippen molar-refractivity contribution in [2.75, 3.05) is 0 Å². The number of hydrogen-bond acceptors (Lipinski definition) is 3. The molecule has 1 aromatic carbocycles. The Bertz CT molecular complexity index is 513. The van der Waals surface area contributed by atoms with Crippen LogP contribution in [0.3, 0.4) is 0 Å². The molecule has 2 aromatic rings. The highest BCUT2D eigenvalue weighted by Gasteiger charge is 2.15. The molecule has 0 amide bonds. The van der Waals surface area contributed by atoms with Gasteiger partial charge in [0.15, 0.2) is 0 Å². The van der Waals surface area contributed by atoms with Crippen molar-refractivity contribution in [1.29, 1.82) is 0 Å². The molecule has 1 unspecified atom stereocenters. The zero-order valence-corrected chi connectivity index (χ0v) is 11.2. The average Bonchev–Trinajstić information content (AvgIpc) is 2.85. The van der Waals surface area contributed by atoms with E-state index in [9.17, 15) is 9.50 Å². The van der Waals surface area contributed by atoms with Crippen molar-refractivity contribution in [3.63, 3.8) is 0 Å². The fraction of sp³-hybridized carbons (Fsp3) is 0.286. The van der Waals surface area contributed by atoms with E-state index in [0.717, 1.165) is 0 Å². The Hall–Kier alpha value is -1.39. The Morgan fingerprint density at radius 1 is 1.22 bits per heavy atom. The maximum atomic E-state index is 13.2.